The fraction of sp³-hybridized carbons (Fsp3) is 0.150. The van der Waals surface area contributed by atoms with Gasteiger partial charge in [-0.25, -0.2) is 9.78 Å². The van der Waals surface area contributed by atoms with Crippen LogP contribution < -0.4 is 5.32 Å². The van der Waals surface area contributed by atoms with Crippen LogP contribution in [0.2, 0.25) is 0 Å². The number of thiazole rings is 1. The second kappa shape index (κ2) is 8.40. The Labute approximate surface area is 155 Å². The molecular formula is C20H18N2O3S. The Kier molecular flexibility index (Phi) is 5.76. The third kappa shape index (κ3) is 4.55. The van der Waals surface area contributed by atoms with Crippen LogP contribution in [0.1, 0.15) is 21.8 Å². The van der Waals surface area contributed by atoms with E-state index in [9.17, 15) is 9.59 Å². The van der Waals surface area contributed by atoms with Gasteiger partial charge in [0.05, 0.1) is 23.4 Å². The molecule has 1 heterocycles. The van der Waals surface area contributed by atoms with E-state index in [-0.39, 0.29) is 5.91 Å². The van der Waals surface area contributed by atoms with Crippen LogP contribution >= 0.6 is 11.3 Å². The van der Waals surface area contributed by atoms with Crippen molar-refractivity contribution >= 4 is 28.9 Å². The van der Waals surface area contributed by atoms with Crippen molar-refractivity contribution in [1.82, 2.24) is 4.98 Å². The van der Waals surface area contributed by atoms with Crippen LogP contribution in [0.5, 0.6) is 0 Å². The number of methoxy groups -OCH3 is 1. The van der Waals surface area contributed by atoms with Gasteiger partial charge in [-0.1, -0.05) is 36.4 Å². The quantitative estimate of drug-likeness (QED) is 0.665. The molecule has 0 aliphatic carbocycles. The smallest absolute Gasteiger partial charge is 0.337 e. The van der Waals surface area contributed by atoms with Gasteiger partial charge in [-0.3, -0.25) is 4.79 Å². The number of amides is 1. The highest BCUT2D eigenvalue weighted by atomic mass is 32.1. The summed E-state index contributed by atoms with van der Waals surface area (Å²) in [6, 6.07) is 16.6. The molecule has 0 saturated carbocycles. The largest absolute Gasteiger partial charge is 0.465 e. The molecule has 0 atom stereocenters. The average Bonchev–Trinajstić information content (AvgIpc) is 3.16. The first-order valence-corrected chi connectivity index (χ1v) is 9.02. The lowest BCUT2D eigenvalue weighted by Crippen LogP contribution is -2.13. The highest BCUT2D eigenvalue weighted by molar-refractivity contribution is 7.09. The molecule has 0 aliphatic rings. The van der Waals surface area contributed by atoms with E-state index in [1.54, 1.807) is 35.6 Å². The molecule has 0 radical (unpaired) electrons. The third-order valence-corrected chi connectivity index (χ3v) is 4.66. The number of nitrogens with one attached hydrogen (secondary N) is 1. The Bertz CT molecular complexity index is 906. The number of carbonyl (C=O) groups is 2. The molecule has 0 saturated heterocycles. The normalized spacial score (nSPS) is 10.3. The summed E-state index contributed by atoms with van der Waals surface area (Å²) in [5, 5.41) is 5.72. The van der Waals surface area contributed by atoms with E-state index in [4.69, 9.17) is 0 Å². The number of anilines is 1. The zero-order valence-electron chi connectivity index (χ0n) is 14.3. The maximum Gasteiger partial charge on any atom is 0.337 e. The molecule has 0 spiro atoms. The zero-order valence-corrected chi connectivity index (χ0v) is 15.1. The Morgan fingerprint density at radius 2 is 1.92 bits per heavy atom. The first-order chi connectivity index (χ1) is 12.7. The zero-order chi connectivity index (χ0) is 18.4. The van der Waals surface area contributed by atoms with Crippen LogP contribution in [-0.2, 0) is 16.0 Å². The molecule has 2 aromatic carbocycles. The highest BCUT2D eigenvalue weighted by Crippen LogP contribution is 2.22. The molecule has 3 aromatic rings. The van der Waals surface area contributed by atoms with Crippen LogP contribution in [0.25, 0.3) is 11.3 Å². The van der Waals surface area contributed by atoms with Gasteiger partial charge in [-0.2, -0.15) is 0 Å². The summed E-state index contributed by atoms with van der Waals surface area (Å²) in [6.07, 6.45) is 0.893. The second-order valence-electron chi connectivity index (χ2n) is 5.61. The van der Waals surface area contributed by atoms with E-state index in [2.05, 4.69) is 15.0 Å². The van der Waals surface area contributed by atoms with Gasteiger partial charge in [0.25, 0.3) is 0 Å². The molecule has 1 N–H and O–H groups in total. The molecule has 0 aliphatic heterocycles. The van der Waals surface area contributed by atoms with Gasteiger partial charge in [0.15, 0.2) is 0 Å². The summed E-state index contributed by atoms with van der Waals surface area (Å²) < 4.78 is 4.68. The average molecular weight is 366 g/mol. The Hall–Kier alpha value is -2.99. The standard InChI is InChI=1S/C20H18N2O3S/c1-25-20(24)15-8-5-9-16(12-15)21-18(23)10-11-19-22-17(13-26-19)14-6-3-2-4-7-14/h2-9,12-13H,10-11H2,1H3,(H,21,23). The molecule has 132 valence electrons. The molecule has 3 rings (SSSR count). The van der Waals surface area contributed by atoms with Gasteiger partial charge in [0, 0.05) is 29.5 Å². The minimum absolute atomic E-state index is 0.122. The van der Waals surface area contributed by atoms with Crippen molar-refractivity contribution in [3.63, 3.8) is 0 Å². The lowest BCUT2D eigenvalue weighted by Gasteiger charge is -2.06. The van der Waals surface area contributed by atoms with E-state index in [0.717, 1.165) is 16.3 Å². The van der Waals surface area contributed by atoms with Crippen molar-refractivity contribution in [2.45, 2.75) is 12.8 Å². The Morgan fingerprint density at radius 3 is 2.69 bits per heavy atom. The Morgan fingerprint density at radius 1 is 1.12 bits per heavy atom. The molecule has 0 unspecified atom stereocenters. The minimum atomic E-state index is -0.433. The van der Waals surface area contributed by atoms with Crippen molar-refractivity contribution < 1.29 is 14.3 Å². The molecule has 0 bridgehead atoms. The van der Waals surface area contributed by atoms with E-state index in [0.29, 0.717) is 24.1 Å². The number of esters is 1. The predicted molar refractivity (Wildman–Crippen MR) is 102 cm³/mol. The SMILES string of the molecule is COC(=O)c1cccc(NC(=O)CCc2nc(-c3ccccc3)cs2)c1. The fourth-order valence-electron chi connectivity index (χ4n) is 2.45. The number of hydrogen-bond acceptors (Lipinski definition) is 5. The molecule has 6 heteroatoms. The van der Waals surface area contributed by atoms with Gasteiger partial charge >= 0.3 is 5.97 Å². The number of aromatic nitrogens is 1. The number of carbonyl (C=O) groups excluding carboxylic acids is 2. The second-order valence-corrected chi connectivity index (χ2v) is 6.56. The van der Waals surface area contributed by atoms with Gasteiger partial charge < -0.3 is 10.1 Å². The minimum Gasteiger partial charge on any atom is -0.465 e. The summed E-state index contributed by atoms with van der Waals surface area (Å²) in [5.41, 5.74) is 2.97. The monoisotopic (exact) mass is 366 g/mol. The molecule has 26 heavy (non-hydrogen) atoms. The molecule has 1 aromatic heterocycles. The van der Waals surface area contributed by atoms with Crippen molar-refractivity contribution in [2.75, 3.05) is 12.4 Å². The van der Waals surface area contributed by atoms with E-state index < -0.39 is 5.97 Å². The topological polar surface area (TPSA) is 68.3 Å². The summed E-state index contributed by atoms with van der Waals surface area (Å²) in [7, 11) is 1.32. The number of nitrogens with zero attached hydrogens (tertiary/aromatic N) is 1. The first-order valence-electron chi connectivity index (χ1n) is 8.14. The van der Waals surface area contributed by atoms with Crippen LogP contribution in [0.4, 0.5) is 5.69 Å². The van der Waals surface area contributed by atoms with Crippen LogP contribution in [0, 0.1) is 0 Å². The lowest BCUT2D eigenvalue weighted by molar-refractivity contribution is -0.116. The summed E-state index contributed by atoms with van der Waals surface area (Å²) >= 11 is 1.55. The fourth-order valence-corrected chi connectivity index (χ4v) is 3.26. The van der Waals surface area contributed by atoms with Crippen LogP contribution in [0.3, 0.4) is 0 Å². The van der Waals surface area contributed by atoms with Crippen LogP contribution in [0.15, 0.2) is 60.0 Å². The van der Waals surface area contributed by atoms with Crippen LogP contribution in [-0.4, -0.2) is 24.0 Å². The third-order valence-electron chi connectivity index (χ3n) is 3.75. The lowest BCUT2D eigenvalue weighted by atomic mass is 10.2. The molecule has 0 fully saturated rings. The van der Waals surface area contributed by atoms with E-state index >= 15 is 0 Å². The summed E-state index contributed by atoms with van der Waals surface area (Å²) in [6.45, 7) is 0. The molecule has 5 nitrogen and oxygen atoms in total. The molecule has 1 amide bonds. The van der Waals surface area contributed by atoms with E-state index in [1.165, 1.54) is 7.11 Å². The number of aryl methyl sites for hydroxylation is 1. The maximum absolute atomic E-state index is 12.2. The van der Waals surface area contributed by atoms with Gasteiger partial charge in [0.2, 0.25) is 5.91 Å². The maximum atomic E-state index is 12.2. The number of rotatable bonds is 6. The number of benzene rings is 2. The number of hydrogen-bond donors (Lipinski definition) is 1. The van der Waals surface area contributed by atoms with Crippen molar-refractivity contribution in [3.8, 4) is 11.3 Å². The van der Waals surface area contributed by atoms with Crippen molar-refractivity contribution in [2.24, 2.45) is 0 Å². The summed E-state index contributed by atoms with van der Waals surface area (Å²) in [5.74, 6) is -0.555. The first kappa shape index (κ1) is 17.8. The summed E-state index contributed by atoms with van der Waals surface area (Å²) in [4.78, 5) is 28.3. The molecular weight excluding hydrogens is 348 g/mol. The van der Waals surface area contributed by atoms with Gasteiger partial charge in [0.1, 0.15) is 0 Å². The van der Waals surface area contributed by atoms with Crippen molar-refractivity contribution in [1.29, 1.82) is 0 Å². The van der Waals surface area contributed by atoms with E-state index in [1.807, 2.05) is 35.7 Å². The highest BCUT2D eigenvalue weighted by Gasteiger charge is 2.10. The predicted octanol–water partition coefficient (Wildman–Crippen LogP) is 4.17. The number of ether oxygens (including phenoxy) is 1. The van der Waals surface area contributed by atoms with Gasteiger partial charge in [-0.15, -0.1) is 11.3 Å². The van der Waals surface area contributed by atoms with Crippen molar-refractivity contribution in [3.05, 3.63) is 70.5 Å². The van der Waals surface area contributed by atoms with Gasteiger partial charge in [-0.05, 0) is 18.2 Å². The Balaban J connectivity index is 1.56.